The molecule has 1 amide bonds. The summed E-state index contributed by atoms with van der Waals surface area (Å²) in [4.78, 5) is 10.7. The van der Waals surface area contributed by atoms with Gasteiger partial charge in [-0.05, 0) is 42.7 Å². The molecule has 3 nitrogen and oxygen atoms in total. The van der Waals surface area contributed by atoms with Crippen molar-refractivity contribution in [3.63, 3.8) is 0 Å². The van der Waals surface area contributed by atoms with Crippen LogP contribution >= 0.6 is 0 Å². The number of hydrogen-bond donors (Lipinski definition) is 2. The Morgan fingerprint density at radius 3 is 2.45 bits per heavy atom. The molecule has 0 aliphatic heterocycles. The fourth-order valence-corrected chi connectivity index (χ4v) is 2.13. The number of aliphatic hydroxyl groups excluding tert-OH is 1. The first kappa shape index (κ1) is 15.8. The highest BCUT2D eigenvalue weighted by molar-refractivity contribution is 5.73. The van der Waals surface area contributed by atoms with E-state index in [9.17, 15) is 9.90 Å². The van der Waals surface area contributed by atoms with Crippen LogP contribution in [0.2, 0.25) is 0 Å². The first-order valence-electron chi connectivity index (χ1n) is 7.28. The monoisotopic (exact) mass is 293 g/mol. The van der Waals surface area contributed by atoms with Gasteiger partial charge in [0.05, 0.1) is 6.10 Å². The van der Waals surface area contributed by atoms with Crippen molar-refractivity contribution in [2.45, 2.75) is 25.4 Å². The van der Waals surface area contributed by atoms with Crippen molar-refractivity contribution < 1.29 is 9.90 Å². The van der Waals surface area contributed by atoms with Crippen LogP contribution in [0.4, 0.5) is 0 Å². The summed E-state index contributed by atoms with van der Waals surface area (Å²) >= 11 is 0. The Morgan fingerprint density at radius 1 is 1.05 bits per heavy atom. The van der Waals surface area contributed by atoms with Crippen LogP contribution in [0.1, 0.15) is 42.1 Å². The van der Waals surface area contributed by atoms with Crippen LogP contribution in [0.3, 0.4) is 0 Å². The highest BCUT2D eigenvalue weighted by Gasteiger charge is 2.08. The van der Waals surface area contributed by atoms with Gasteiger partial charge in [0.15, 0.2) is 0 Å². The molecule has 1 atom stereocenters. The fourth-order valence-electron chi connectivity index (χ4n) is 2.13. The molecule has 2 aromatic carbocycles. The maximum absolute atomic E-state index is 10.7. The lowest BCUT2D eigenvalue weighted by Gasteiger charge is -2.10. The van der Waals surface area contributed by atoms with Gasteiger partial charge in [-0.3, -0.25) is 4.79 Å². The van der Waals surface area contributed by atoms with Crippen LogP contribution in [0.15, 0.2) is 54.6 Å². The Balaban J connectivity index is 2.04. The molecule has 2 rings (SSSR count). The number of nitrogens with two attached hydrogens (primary N) is 1. The Kier molecular flexibility index (Phi) is 5.76. The molecule has 0 spiro atoms. The van der Waals surface area contributed by atoms with Crippen molar-refractivity contribution in [3.8, 4) is 11.8 Å². The van der Waals surface area contributed by atoms with E-state index in [0.29, 0.717) is 19.3 Å². The molecule has 2 aromatic rings. The number of benzene rings is 2. The van der Waals surface area contributed by atoms with Gasteiger partial charge >= 0.3 is 0 Å². The van der Waals surface area contributed by atoms with Gasteiger partial charge < -0.3 is 10.8 Å². The van der Waals surface area contributed by atoms with Crippen LogP contribution < -0.4 is 5.73 Å². The van der Waals surface area contributed by atoms with Gasteiger partial charge in [-0.1, -0.05) is 42.2 Å². The second-order valence-corrected chi connectivity index (χ2v) is 5.12. The van der Waals surface area contributed by atoms with E-state index in [1.165, 1.54) is 0 Å². The number of aliphatic hydroxyl groups is 1. The minimum absolute atomic E-state index is 0.296. The summed E-state index contributed by atoms with van der Waals surface area (Å²) in [7, 11) is 0. The average molecular weight is 293 g/mol. The lowest BCUT2D eigenvalue weighted by Crippen LogP contribution is -2.10. The third kappa shape index (κ3) is 5.08. The smallest absolute Gasteiger partial charge is 0.217 e. The molecule has 0 saturated carbocycles. The molecule has 0 heterocycles. The molecule has 1 unspecified atom stereocenters. The number of carbonyl (C=O) groups excluding carboxylic acids is 1. The third-order valence-electron chi connectivity index (χ3n) is 3.30. The van der Waals surface area contributed by atoms with Crippen LogP contribution in [-0.4, -0.2) is 11.0 Å². The molecule has 0 aromatic heterocycles. The van der Waals surface area contributed by atoms with Gasteiger partial charge in [0.2, 0.25) is 5.91 Å². The van der Waals surface area contributed by atoms with Crippen LogP contribution in [-0.2, 0) is 4.79 Å². The van der Waals surface area contributed by atoms with Crippen LogP contribution in [0.5, 0.6) is 0 Å². The van der Waals surface area contributed by atoms with Crippen LogP contribution in [0, 0.1) is 11.8 Å². The van der Waals surface area contributed by atoms with Crippen molar-refractivity contribution >= 4 is 5.91 Å². The summed E-state index contributed by atoms with van der Waals surface area (Å²) in [6.45, 7) is 0. The number of carbonyl (C=O) groups is 1. The molecule has 112 valence electrons. The molecule has 0 aliphatic rings. The molecule has 0 fully saturated rings. The van der Waals surface area contributed by atoms with Crippen molar-refractivity contribution in [3.05, 3.63) is 71.3 Å². The fraction of sp³-hybridized carbons (Fsp3) is 0.211. The molecule has 22 heavy (non-hydrogen) atoms. The summed E-state index contributed by atoms with van der Waals surface area (Å²) in [6.07, 6.45) is 0.789. The van der Waals surface area contributed by atoms with E-state index in [0.717, 1.165) is 16.7 Å². The highest BCUT2D eigenvalue weighted by Crippen LogP contribution is 2.20. The average Bonchev–Trinajstić information content (AvgIpc) is 2.54. The molecule has 0 aliphatic carbocycles. The largest absolute Gasteiger partial charge is 0.388 e. The molecule has 3 N–H and O–H groups in total. The van der Waals surface area contributed by atoms with Crippen molar-refractivity contribution in [2.24, 2.45) is 5.73 Å². The number of rotatable bonds is 5. The van der Waals surface area contributed by atoms with E-state index in [1.54, 1.807) is 0 Å². The summed E-state index contributed by atoms with van der Waals surface area (Å²) in [5.74, 6) is 5.85. The Hall–Kier alpha value is -2.57. The van der Waals surface area contributed by atoms with Gasteiger partial charge in [-0.2, -0.15) is 0 Å². The predicted molar refractivity (Wildman–Crippen MR) is 86.9 cm³/mol. The maximum Gasteiger partial charge on any atom is 0.217 e. The minimum Gasteiger partial charge on any atom is -0.388 e. The molecular weight excluding hydrogens is 274 g/mol. The van der Waals surface area contributed by atoms with Gasteiger partial charge in [0, 0.05) is 17.5 Å². The minimum atomic E-state index is -0.599. The Morgan fingerprint density at radius 2 is 1.73 bits per heavy atom. The Labute approximate surface area is 130 Å². The first-order valence-corrected chi connectivity index (χ1v) is 7.28. The van der Waals surface area contributed by atoms with E-state index in [4.69, 9.17) is 5.73 Å². The standard InChI is InChI=1S/C19H19NO2/c20-19(22)11-5-10-18(21)17-9-4-8-16(14-17)13-12-15-6-2-1-3-7-15/h1-4,6-9,14,18,21H,5,10-11H2,(H2,20,22). The number of amides is 1. The zero-order valence-electron chi connectivity index (χ0n) is 12.3. The van der Waals surface area contributed by atoms with Crippen molar-refractivity contribution in [1.82, 2.24) is 0 Å². The van der Waals surface area contributed by atoms with E-state index >= 15 is 0 Å². The van der Waals surface area contributed by atoms with Crippen molar-refractivity contribution in [1.29, 1.82) is 0 Å². The SMILES string of the molecule is NC(=O)CCCC(O)c1cccc(C#Cc2ccccc2)c1. The normalized spacial score (nSPS) is 11.3. The zero-order chi connectivity index (χ0) is 15.8. The quantitative estimate of drug-likeness (QED) is 0.833. The molecule has 0 saturated heterocycles. The van der Waals surface area contributed by atoms with Gasteiger partial charge in [-0.25, -0.2) is 0 Å². The third-order valence-corrected chi connectivity index (χ3v) is 3.30. The van der Waals surface area contributed by atoms with E-state index in [1.807, 2.05) is 54.6 Å². The van der Waals surface area contributed by atoms with Gasteiger partial charge in [-0.15, -0.1) is 0 Å². The topological polar surface area (TPSA) is 63.3 Å². The summed E-state index contributed by atoms with van der Waals surface area (Å²) in [5.41, 5.74) is 7.72. The van der Waals surface area contributed by atoms with Gasteiger partial charge in [0.25, 0.3) is 0 Å². The second kappa shape index (κ2) is 8.02. The van der Waals surface area contributed by atoms with E-state index in [2.05, 4.69) is 11.8 Å². The predicted octanol–water partition coefficient (Wildman–Crippen LogP) is 2.78. The van der Waals surface area contributed by atoms with Crippen molar-refractivity contribution in [2.75, 3.05) is 0 Å². The summed E-state index contributed by atoms with van der Waals surface area (Å²) < 4.78 is 0. The lowest BCUT2D eigenvalue weighted by atomic mass is 10.0. The number of primary amides is 1. The molecular formula is C19H19NO2. The van der Waals surface area contributed by atoms with Gasteiger partial charge in [0.1, 0.15) is 0 Å². The number of hydrogen-bond acceptors (Lipinski definition) is 2. The molecule has 0 bridgehead atoms. The Bertz CT molecular complexity index is 683. The highest BCUT2D eigenvalue weighted by atomic mass is 16.3. The maximum atomic E-state index is 10.7. The second-order valence-electron chi connectivity index (χ2n) is 5.12. The molecule has 3 heteroatoms. The first-order chi connectivity index (χ1) is 10.6. The van der Waals surface area contributed by atoms with E-state index in [-0.39, 0.29) is 5.91 Å². The van der Waals surface area contributed by atoms with E-state index < -0.39 is 6.10 Å². The summed E-state index contributed by atoms with van der Waals surface area (Å²) in [5, 5.41) is 10.1. The molecule has 0 radical (unpaired) electrons. The lowest BCUT2D eigenvalue weighted by molar-refractivity contribution is -0.118. The summed E-state index contributed by atoms with van der Waals surface area (Å²) in [6, 6.07) is 17.3. The van der Waals surface area contributed by atoms with Crippen LogP contribution in [0.25, 0.3) is 0 Å². The zero-order valence-corrected chi connectivity index (χ0v) is 12.3.